The van der Waals surface area contributed by atoms with Gasteiger partial charge in [-0.1, -0.05) is 24.3 Å². The van der Waals surface area contributed by atoms with Gasteiger partial charge in [-0.05, 0) is 24.3 Å². The third-order valence-electron chi connectivity index (χ3n) is 3.62. The Morgan fingerprint density at radius 2 is 1.00 bits per heavy atom. The van der Waals surface area contributed by atoms with Crippen molar-refractivity contribution in [2.24, 2.45) is 0 Å². The zero-order valence-electron chi connectivity index (χ0n) is 15.2. The molecule has 2 aromatic carbocycles. The first-order valence-electron chi connectivity index (χ1n) is 8.00. The van der Waals surface area contributed by atoms with Gasteiger partial charge in [-0.3, -0.25) is 9.59 Å². The first-order chi connectivity index (χ1) is 12.3. The molecule has 0 bridgehead atoms. The maximum atomic E-state index is 12.4. The SMILES string of the molecule is CN(C)C(=O)c1ccccc1NC(=O)Nc1ccccc1C(=O)N(C)C. The quantitative estimate of drug-likeness (QED) is 0.886. The molecule has 0 fully saturated rings. The van der Waals surface area contributed by atoms with Crippen LogP contribution in [0.5, 0.6) is 0 Å². The van der Waals surface area contributed by atoms with Crippen LogP contribution in [0.3, 0.4) is 0 Å². The van der Waals surface area contributed by atoms with Gasteiger partial charge in [-0.15, -0.1) is 0 Å². The second-order valence-corrected chi connectivity index (χ2v) is 6.07. The van der Waals surface area contributed by atoms with Crippen LogP contribution in [0.4, 0.5) is 16.2 Å². The number of benzene rings is 2. The van der Waals surface area contributed by atoms with Gasteiger partial charge in [0.05, 0.1) is 22.5 Å². The monoisotopic (exact) mass is 354 g/mol. The van der Waals surface area contributed by atoms with Gasteiger partial charge in [0.2, 0.25) is 0 Å². The standard InChI is InChI=1S/C19H22N4O3/c1-22(2)17(24)13-9-5-7-11-15(13)20-19(26)21-16-12-8-6-10-14(16)18(25)23(3)4/h5-12H,1-4H3,(H2,20,21,26). The highest BCUT2D eigenvalue weighted by Gasteiger charge is 2.17. The number of amides is 4. The topological polar surface area (TPSA) is 81.8 Å². The average Bonchev–Trinajstić information content (AvgIpc) is 2.61. The van der Waals surface area contributed by atoms with Crippen molar-refractivity contribution in [3.63, 3.8) is 0 Å². The Morgan fingerprint density at radius 3 is 1.35 bits per heavy atom. The number of hydrogen-bond donors (Lipinski definition) is 2. The summed E-state index contributed by atoms with van der Waals surface area (Å²) in [5.41, 5.74) is 1.54. The number of nitrogens with one attached hydrogen (secondary N) is 2. The summed E-state index contributed by atoms with van der Waals surface area (Å²) in [5.74, 6) is -0.437. The van der Waals surface area contributed by atoms with Gasteiger partial charge in [0.1, 0.15) is 0 Å². The van der Waals surface area contributed by atoms with Crippen molar-refractivity contribution in [2.75, 3.05) is 38.8 Å². The summed E-state index contributed by atoms with van der Waals surface area (Å²) in [7, 11) is 6.56. The molecule has 0 atom stereocenters. The maximum absolute atomic E-state index is 12.4. The molecule has 0 saturated carbocycles. The summed E-state index contributed by atoms with van der Waals surface area (Å²) in [6.07, 6.45) is 0. The molecule has 0 aromatic heterocycles. The van der Waals surface area contributed by atoms with E-state index in [9.17, 15) is 14.4 Å². The first-order valence-corrected chi connectivity index (χ1v) is 8.00. The summed E-state index contributed by atoms with van der Waals surface area (Å²) in [6, 6.07) is 12.9. The lowest BCUT2D eigenvalue weighted by Gasteiger charge is -2.17. The molecular weight excluding hydrogens is 332 g/mol. The van der Waals surface area contributed by atoms with Crippen molar-refractivity contribution in [3.05, 3.63) is 59.7 Å². The van der Waals surface area contributed by atoms with Crippen LogP contribution in [-0.2, 0) is 0 Å². The number of anilines is 2. The number of carbonyl (C=O) groups excluding carboxylic acids is 3. The highest BCUT2D eigenvalue weighted by Crippen LogP contribution is 2.19. The lowest BCUT2D eigenvalue weighted by Crippen LogP contribution is -2.27. The van der Waals surface area contributed by atoms with E-state index in [-0.39, 0.29) is 11.8 Å². The van der Waals surface area contributed by atoms with Crippen molar-refractivity contribution >= 4 is 29.2 Å². The molecule has 2 aromatic rings. The predicted molar refractivity (Wildman–Crippen MR) is 102 cm³/mol. The minimum atomic E-state index is -0.539. The van der Waals surface area contributed by atoms with E-state index >= 15 is 0 Å². The molecule has 7 nitrogen and oxygen atoms in total. The zero-order valence-corrected chi connectivity index (χ0v) is 15.2. The maximum Gasteiger partial charge on any atom is 0.323 e. The number of urea groups is 1. The fraction of sp³-hybridized carbons (Fsp3) is 0.211. The first kappa shape index (κ1) is 19.0. The second kappa shape index (κ2) is 8.15. The highest BCUT2D eigenvalue weighted by atomic mass is 16.2. The Hall–Kier alpha value is -3.35. The average molecular weight is 354 g/mol. The van der Waals surface area contributed by atoms with Crippen LogP contribution in [0.1, 0.15) is 20.7 Å². The summed E-state index contributed by atoms with van der Waals surface area (Å²) >= 11 is 0. The number of carbonyl (C=O) groups is 3. The Labute approximate surface area is 152 Å². The van der Waals surface area contributed by atoms with Crippen molar-refractivity contribution in [1.82, 2.24) is 9.80 Å². The fourth-order valence-corrected chi connectivity index (χ4v) is 2.31. The molecule has 0 aliphatic rings. The number of rotatable bonds is 4. The Balaban J connectivity index is 2.21. The minimum Gasteiger partial charge on any atom is -0.345 e. The number of nitrogens with zero attached hydrogens (tertiary/aromatic N) is 2. The van der Waals surface area contributed by atoms with Crippen molar-refractivity contribution in [1.29, 1.82) is 0 Å². The Morgan fingerprint density at radius 1 is 0.654 bits per heavy atom. The van der Waals surface area contributed by atoms with Gasteiger partial charge in [0, 0.05) is 28.2 Å². The molecule has 0 aliphatic carbocycles. The fourth-order valence-electron chi connectivity index (χ4n) is 2.31. The van der Waals surface area contributed by atoms with E-state index in [0.29, 0.717) is 22.5 Å². The summed E-state index contributed by atoms with van der Waals surface area (Å²) in [4.78, 5) is 39.7. The van der Waals surface area contributed by atoms with Crippen LogP contribution in [0, 0.1) is 0 Å². The summed E-state index contributed by atoms with van der Waals surface area (Å²) in [6.45, 7) is 0. The van der Waals surface area contributed by atoms with Crippen LogP contribution in [0.2, 0.25) is 0 Å². The molecule has 0 aliphatic heterocycles. The van der Waals surface area contributed by atoms with E-state index in [1.165, 1.54) is 9.80 Å². The predicted octanol–water partition coefficient (Wildman–Crippen LogP) is 2.73. The smallest absolute Gasteiger partial charge is 0.323 e. The van der Waals surface area contributed by atoms with Gasteiger partial charge >= 0.3 is 6.03 Å². The Kier molecular flexibility index (Phi) is 5.95. The lowest BCUT2D eigenvalue weighted by molar-refractivity contribution is 0.0821. The molecule has 2 rings (SSSR count). The lowest BCUT2D eigenvalue weighted by atomic mass is 10.1. The van der Waals surface area contributed by atoms with E-state index in [0.717, 1.165) is 0 Å². The minimum absolute atomic E-state index is 0.218. The molecule has 0 spiro atoms. The second-order valence-electron chi connectivity index (χ2n) is 6.07. The molecule has 7 heteroatoms. The van der Waals surface area contributed by atoms with Crippen LogP contribution in [-0.4, -0.2) is 55.8 Å². The van der Waals surface area contributed by atoms with Gasteiger partial charge < -0.3 is 20.4 Å². The zero-order chi connectivity index (χ0) is 19.3. The van der Waals surface area contributed by atoms with Crippen LogP contribution < -0.4 is 10.6 Å². The molecular formula is C19H22N4O3. The van der Waals surface area contributed by atoms with Gasteiger partial charge in [0.25, 0.3) is 11.8 Å². The number of hydrogen-bond acceptors (Lipinski definition) is 3. The van der Waals surface area contributed by atoms with Crippen LogP contribution >= 0.6 is 0 Å². The van der Waals surface area contributed by atoms with E-state index in [1.54, 1.807) is 76.7 Å². The normalized spacial score (nSPS) is 10.0. The third-order valence-corrected chi connectivity index (χ3v) is 3.62. The van der Waals surface area contributed by atoms with Crippen LogP contribution in [0.15, 0.2) is 48.5 Å². The molecule has 26 heavy (non-hydrogen) atoms. The van der Waals surface area contributed by atoms with Crippen molar-refractivity contribution < 1.29 is 14.4 Å². The summed E-state index contributed by atoms with van der Waals surface area (Å²) < 4.78 is 0. The van der Waals surface area contributed by atoms with Crippen LogP contribution in [0.25, 0.3) is 0 Å². The molecule has 4 amide bonds. The van der Waals surface area contributed by atoms with Crippen molar-refractivity contribution in [2.45, 2.75) is 0 Å². The van der Waals surface area contributed by atoms with E-state index in [4.69, 9.17) is 0 Å². The largest absolute Gasteiger partial charge is 0.345 e. The highest BCUT2D eigenvalue weighted by molar-refractivity contribution is 6.09. The third kappa shape index (κ3) is 4.38. The Bertz CT molecular complexity index is 764. The molecule has 0 radical (unpaired) electrons. The van der Waals surface area contributed by atoms with E-state index < -0.39 is 6.03 Å². The molecule has 136 valence electrons. The van der Waals surface area contributed by atoms with Gasteiger partial charge in [-0.25, -0.2) is 4.79 Å². The van der Waals surface area contributed by atoms with Crippen molar-refractivity contribution in [3.8, 4) is 0 Å². The van der Waals surface area contributed by atoms with Gasteiger partial charge in [0.15, 0.2) is 0 Å². The van der Waals surface area contributed by atoms with Gasteiger partial charge in [-0.2, -0.15) is 0 Å². The van der Waals surface area contributed by atoms with E-state index in [1.807, 2.05) is 0 Å². The molecule has 0 saturated heterocycles. The summed E-state index contributed by atoms with van der Waals surface area (Å²) in [5, 5.41) is 5.34. The van der Waals surface area contributed by atoms with E-state index in [2.05, 4.69) is 10.6 Å². The number of para-hydroxylation sites is 2. The molecule has 2 N–H and O–H groups in total. The molecule has 0 unspecified atom stereocenters. The molecule has 0 heterocycles.